The summed E-state index contributed by atoms with van der Waals surface area (Å²) in [6, 6.07) is 7.67. The van der Waals surface area contributed by atoms with Crippen LogP contribution < -0.4 is 11.1 Å². The lowest BCUT2D eigenvalue weighted by Crippen LogP contribution is -2.16. The Morgan fingerprint density at radius 3 is 2.73 bits per heavy atom. The summed E-state index contributed by atoms with van der Waals surface area (Å²) in [7, 11) is 0. The van der Waals surface area contributed by atoms with Crippen molar-refractivity contribution in [2.45, 2.75) is 38.0 Å². The highest BCUT2D eigenvalue weighted by Crippen LogP contribution is 2.33. The standard InChI is InChI=1S/C19H23ClN6/c20-15-8-4-5-9-16(15)26-19-14(12-23-26)18(22-11-10-21)24-17(25-19)13-6-2-1-3-7-13/h4-5,8-9,12-13H,1-3,6-7,10-11,21H2,(H,22,24,25). The molecule has 0 amide bonds. The first-order valence-corrected chi connectivity index (χ1v) is 9.60. The molecule has 0 unspecified atom stereocenters. The highest BCUT2D eigenvalue weighted by molar-refractivity contribution is 6.32. The Hall–Kier alpha value is -2.18. The second-order valence-corrected chi connectivity index (χ2v) is 7.13. The maximum absolute atomic E-state index is 6.39. The summed E-state index contributed by atoms with van der Waals surface area (Å²) >= 11 is 6.39. The molecule has 0 radical (unpaired) electrons. The molecule has 136 valence electrons. The smallest absolute Gasteiger partial charge is 0.168 e. The molecule has 2 aromatic heterocycles. The first-order chi connectivity index (χ1) is 12.8. The lowest BCUT2D eigenvalue weighted by molar-refractivity contribution is 0.429. The summed E-state index contributed by atoms with van der Waals surface area (Å²) < 4.78 is 1.80. The molecular formula is C19H23ClN6. The summed E-state index contributed by atoms with van der Waals surface area (Å²) in [4.78, 5) is 9.73. The molecule has 1 aromatic carbocycles. The van der Waals surface area contributed by atoms with Crippen molar-refractivity contribution in [3.63, 3.8) is 0 Å². The fourth-order valence-electron chi connectivity index (χ4n) is 3.59. The van der Waals surface area contributed by atoms with Crippen LogP contribution in [0.15, 0.2) is 30.5 Å². The van der Waals surface area contributed by atoms with E-state index in [-0.39, 0.29) is 0 Å². The predicted octanol–water partition coefficient (Wildman–Crippen LogP) is 3.89. The van der Waals surface area contributed by atoms with E-state index in [9.17, 15) is 0 Å². The van der Waals surface area contributed by atoms with Crippen LogP contribution in [0, 0.1) is 0 Å². The van der Waals surface area contributed by atoms with Crippen molar-refractivity contribution in [1.29, 1.82) is 0 Å². The van der Waals surface area contributed by atoms with Gasteiger partial charge in [0, 0.05) is 19.0 Å². The number of hydrogen-bond acceptors (Lipinski definition) is 5. The molecule has 1 aliphatic rings. The first-order valence-electron chi connectivity index (χ1n) is 9.22. The molecule has 1 fully saturated rings. The monoisotopic (exact) mass is 370 g/mol. The zero-order valence-corrected chi connectivity index (χ0v) is 15.4. The van der Waals surface area contributed by atoms with Crippen molar-refractivity contribution >= 4 is 28.5 Å². The molecule has 1 aliphatic carbocycles. The highest BCUT2D eigenvalue weighted by atomic mass is 35.5. The number of nitrogens with zero attached hydrogens (tertiary/aromatic N) is 4. The Balaban J connectivity index is 1.85. The fourth-order valence-corrected chi connectivity index (χ4v) is 3.81. The SMILES string of the molecule is NCCNc1nc(C2CCCCC2)nc2c1cnn2-c1ccccc1Cl. The number of aromatic nitrogens is 4. The van der Waals surface area contributed by atoms with Crippen LogP contribution in [0.1, 0.15) is 43.8 Å². The van der Waals surface area contributed by atoms with Gasteiger partial charge in [0.1, 0.15) is 11.6 Å². The third-order valence-corrected chi connectivity index (χ3v) is 5.25. The molecule has 6 nitrogen and oxygen atoms in total. The molecule has 4 rings (SSSR count). The molecule has 2 heterocycles. The number of halogens is 1. The highest BCUT2D eigenvalue weighted by Gasteiger charge is 2.22. The van der Waals surface area contributed by atoms with Crippen LogP contribution in [0.5, 0.6) is 0 Å². The third-order valence-electron chi connectivity index (χ3n) is 4.93. The molecule has 0 bridgehead atoms. The summed E-state index contributed by atoms with van der Waals surface area (Å²) in [5, 5.41) is 9.41. The van der Waals surface area contributed by atoms with E-state index in [4.69, 9.17) is 27.3 Å². The van der Waals surface area contributed by atoms with Gasteiger partial charge in [0.05, 0.1) is 22.3 Å². The van der Waals surface area contributed by atoms with Gasteiger partial charge in [0.2, 0.25) is 0 Å². The van der Waals surface area contributed by atoms with E-state index >= 15 is 0 Å². The quantitative estimate of drug-likeness (QED) is 0.712. The second kappa shape index (κ2) is 7.60. The number of nitrogens with one attached hydrogen (secondary N) is 1. The van der Waals surface area contributed by atoms with Crippen molar-refractivity contribution in [1.82, 2.24) is 19.7 Å². The number of para-hydroxylation sites is 1. The number of hydrogen-bond donors (Lipinski definition) is 2. The van der Waals surface area contributed by atoms with Crippen molar-refractivity contribution in [2.24, 2.45) is 5.73 Å². The molecule has 26 heavy (non-hydrogen) atoms. The lowest BCUT2D eigenvalue weighted by Gasteiger charge is -2.21. The maximum Gasteiger partial charge on any atom is 0.168 e. The fraction of sp³-hybridized carbons (Fsp3) is 0.421. The van der Waals surface area contributed by atoms with Gasteiger partial charge in [-0.1, -0.05) is 43.0 Å². The first kappa shape index (κ1) is 17.2. The molecule has 7 heteroatoms. The van der Waals surface area contributed by atoms with E-state index in [2.05, 4.69) is 10.4 Å². The largest absolute Gasteiger partial charge is 0.368 e. The number of nitrogens with two attached hydrogens (primary N) is 1. The average molecular weight is 371 g/mol. The molecule has 0 aliphatic heterocycles. The number of fused-ring (bicyclic) bond motifs is 1. The molecule has 0 atom stereocenters. The zero-order chi connectivity index (χ0) is 17.9. The van der Waals surface area contributed by atoms with E-state index in [1.54, 1.807) is 10.9 Å². The average Bonchev–Trinajstić information content (AvgIpc) is 3.11. The van der Waals surface area contributed by atoms with Gasteiger partial charge >= 0.3 is 0 Å². The van der Waals surface area contributed by atoms with E-state index in [0.717, 1.165) is 41.2 Å². The van der Waals surface area contributed by atoms with Crippen LogP contribution in [0.3, 0.4) is 0 Å². The number of rotatable bonds is 5. The molecule has 0 saturated heterocycles. The molecule has 1 saturated carbocycles. The summed E-state index contributed by atoms with van der Waals surface area (Å²) in [5.41, 5.74) is 7.28. The predicted molar refractivity (Wildman–Crippen MR) is 105 cm³/mol. The number of anilines is 1. The molecular weight excluding hydrogens is 348 g/mol. The van der Waals surface area contributed by atoms with Gasteiger partial charge < -0.3 is 11.1 Å². The van der Waals surface area contributed by atoms with Gasteiger partial charge in [-0.3, -0.25) is 0 Å². The van der Waals surface area contributed by atoms with Crippen molar-refractivity contribution in [3.8, 4) is 5.69 Å². The van der Waals surface area contributed by atoms with Crippen LogP contribution >= 0.6 is 11.6 Å². The normalized spacial score (nSPS) is 15.5. The van der Waals surface area contributed by atoms with Gasteiger partial charge in [-0.15, -0.1) is 0 Å². The Morgan fingerprint density at radius 1 is 1.15 bits per heavy atom. The Bertz CT molecular complexity index is 900. The maximum atomic E-state index is 6.39. The molecule has 3 N–H and O–H groups in total. The van der Waals surface area contributed by atoms with Gasteiger partial charge in [-0.2, -0.15) is 5.10 Å². The van der Waals surface area contributed by atoms with Gasteiger partial charge in [0.15, 0.2) is 5.65 Å². The summed E-state index contributed by atoms with van der Waals surface area (Å²) in [6.45, 7) is 1.20. The van der Waals surface area contributed by atoms with Gasteiger partial charge in [-0.05, 0) is 25.0 Å². The topological polar surface area (TPSA) is 81.7 Å². The minimum atomic E-state index is 0.404. The minimum absolute atomic E-state index is 0.404. The lowest BCUT2D eigenvalue weighted by atomic mass is 9.88. The van der Waals surface area contributed by atoms with Gasteiger partial charge in [-0.25, -0.2) is 14.6 Å². The van der Waals surface area contributed by atoms with E-state index in [0.29, 0.717) is 24.0 Å². The minimum Gasteiger partial charge on any atom is -0.368 e. The van der Waals surface area contributed by atoms with E-state index in [1.165, 1.54) is 19.3 Å². The van der Waals surface area contributed by atoms with Crippen LogP contribution in [-0.2, 0) is 0 Å². The molecule has 0 spiro atoms. The Kier molecular flexibility index (Phi) is 5.04. The second-order valence-electron chi connectivity index (χ2n) is 6.73. The summed E-state index contributed by atoms with van der Waals surface area (Å²) in [6.07, 6.45) is 7.85. The van der Waals surface area contributed by atoms with Crippen LogP contribution in [0.25, 0.3) is 16.7 Å². The van der Waals surface area contributed by atoms with Crippen molar-refractivity contribution in [3.05, 3.63) is 41.3 Å². The number of benzene rings is 1. The van der Waals surface area contributed by atoms with E-state index in [1.807, 2.05) is 24.3 Å². The Morgan fingerprint density at radius 2 is 1.96 bits per heavy atom. The van der Waals surface area contributed by atoms with Crippen molar-refractivity contribution in [2.75, 3.05) is 18.4 Å². The van der Waals surface area contributed by atoms with Crippen LogP contribution in [-0.4, -0.2) is 32.8 Å². The van der Waals surface area contributed by atoms with E-state index < -0.39 is 0 Å². The van der Waals surface area contributed by atoms with Crippen LogP contribution in [0.4, 0.5) is 5.82 Å². The van der Waals surface area contributed by atoms with Crippen LogP contribution in [0.2, 0.25) is 5.02 Å². The van der Waals surface area contributed by atoms with Gasteiger partial charge in [0.25, 0.3) is 0 Å². The summed E-state index contributed by atoms with van der Waals surface area (Å²) in [5.74, 6) is 2.10. The molecule has 3 aromatic rings. The van der Waals surface area contributed by atoms with Crippen molar-refractivity contribution < 1.29 is 0 Å². The Labute approximate surface area is 157 Å². The zero-order valence-electron chi connectivity index (χ0n) is 14.7. The third kappa shape index (κ3) is 3.27.